The second-order valence-corrected chi connectivity index (χ2v) is 5.87. The fourth-order valence-corrected chi connectivity index (χ4v) is 3.05. The van der Waals surface area contributed by atoms with Gasteiger partial charge in [-0.1, -0.05) is 0 Å². The van der Waals surface area contributed by atoms with Crippen LogP contribution in [0.2, 0.25) is 0 Å². The molecule has 0 radical (unpaired) electrons. The fourth-order valence-electron chi connectivity index (χ4n) is 3.05. The van der Waals surface area contributed by atoms with Gasteiger partial charge in [-0.25, -0.2) is 24.4 Å². The molecule has 0 aromatic carbocycles. The van der Waals surface area contributed by atoms with Gasteiger partial charge in [-0.2, -0.15) is 0 Å². The zero-order valence-electron chi connectivity index (χ0n) is 13.0. The topological polar surface area (TPSA) is 76.4 Å². The summed E-state index contributed by atoms with van der Waals surface area (Å²) in [5.74, 6) is -0.211. The van der Waals surface area contributed by atoms with Crippen LogP contribution in [-0.2, 0) is 16.2 Å². The lowest BCUT2D eigenvalue weighted by atomic mass is 10.1. The third-order valence-electron chi connectivity index (χ3n) is 4.25. The normalized spacial score (nSPS) is 20.8. The molecule has 0 unspecified atom stereocenters. The number of hydrogen-bond acceptors (Lipinski definition) is 6. The third kappa shape index (κ3) is 2.71. The number of fused-ring (bicyclic) bond motifs is 1. The van der Waals surface area contributed by atoms with Gasteiger partial charge < -0.3 is 9.47 Å². The van der Waals surface area contributed by atoms with E-state index in [9.17, 15) is 9.18 Å². The number of aromatic nitrogens is 4. The minimum absolute atomic E-state index is 0.110. The van der Waals surface area contributed by atoms with Crippen molar-refractivity contribution in [1.82, 2.24) is 24.6 Å². The number of anilines is 1. The molecule has 0 spiro atoms. The molecule has 1 atom stereocenters. The molecule has 9 heteroatoms. The third-order valence-corrected chi connectivity index (χ3v) is 4.25. The number of imidazole rings is 1. The number of nitrogens with zero attached hydrogens (tertiary/aromatic N) is 6. The van der Waals surface area contributed by atoms with E-state index < -0.39 is 11.9 Å². The molecule has 2 aliphatic heterocycles. The molecule has 1 fully saturated rings. The van der Waals surface area contributed by atoms with Crippen LogP contribution in [0.25, 0.3) is 0 Å². The Kier molecular flexibility index (Phi) is 3.85. The van der Waals surface area contributed by atoms with E-state index in [1.54, 1.807) is 12.5 Å². The van der Waals surface area contributed by atoms with Gasteiger partial charge in [0.1, 0.15) is 6.04 Å². The van der Waals surface area contributed by atoms with Crippen molar-refractivity contribution in [2.75, 3.05) is 24.6 Å². The summed E-state index contributed by atoms with van der Waals surface area (Å²) in [6.07, 6.45) is 7.51. The molecular formula is C15H17FN6O2. The lowest BCUT2D eigenvalue weighted by Crippen LogP contribution is -2.47. The Labute approximate surface area is 137 Å². The molecule has 0 aliphatic carbocycles. The van der Waals surface area contributed by atoms with Gasteiger partial charge in [-0.15, -0.1) is 0 Å². The molecule has 1 saturated heterocycles. The molecule has 8 nitrogen and oxygen atoms in total. The van der Waals surface area contributed by atoms with Crippen molar-refractivity contribution in [3.63, 3.8) is 0 Å². The lowest BCUT2D eigenvalue weighted by Gasteiger charge is -2.36. The summed E-state index contributed by atoms with van der Waals surface area (Å²) in [6.45, 7) is 2.04. The summed E-state index contributed by atoms with van der Waals surface area (Å²) in [4.78, 5) is 32.4. The van der Waals surface area contributed by atoms with Crippen LogP contribution < -0.4 is 4.90 Å². The largest absolute Gasteiger partial charge is 0.332 e. The van der Waals surface area contributed by atoms with Crippen LogP contribution >= 0.6 is 0 Å². The summed E-state index contributed by atoms with van der Waals surface area (Å²) in [7, 11) is 0. The van der Waals surface area contributed by atoms with Crippen LogP contribution in [0.15, 0.2) is 24.9 Å². The standard InChI is InChI=1S/C15H17FN6O2/c16-11-5-18-15(19-6-11)20-8-12-7-17-10-21(12)13(9-20)14(23)22-3-1-2-4-24-22/h5-7,10,13H,1-4,8-9H2/t13-/m0/s1. The summed E-state index contributed by atoms with van der Waals surface area (Å²) >= 11 is 0. The number of rotatable bonds is 2. The molecule has 2 aromatic heterocycles. The van der Waals surface area contributed by atoms with Crippen molar-refractivity contribution in [2.24, 2.45) is 0 Å². The Balaban J connectivity index is 1.61. The lowest BCUT2D eigenvalue weighted by molar-refractivity contribution is -0.200. The van der Waals surface area contributed by atoms with Gasteiger partial charge in [0.05, 0.1) is 44.1 Å². The van der Waals surface area contributed by atoms with E-state index in [1.165, 1.54) is 5.06 Å². The highest BCUT2D eigenvalue weighted by atomic mass is 19.1. The Hall–Kier alpha value is -2.55. The van der Waals surface area contributed by atoms with E-state index in [0.717, 1.165) is 30.9 Å². The number of hydrogen-bond donors (Lipinski definition) is 0. The van der Waals surface area contributed by atoms with E-state index in [0.29, 0.717) is 32.2 Å². The highest BCUT2D eigenvalue weighted by Gasteiger charge is 2.35. The van der Waals surface area contributed by atoms with Gasteiger partial charge >= 0.3 is 0 Å². The van der Waals surface area contributed by atoms with Crippen LogP contribution in [0.4, 0.5) is 10.3 Å². The molecule has 4 heterocycles. The van der Waals surface area contributed by atoms with Crippen molar-refractivity contribution >= 4 is 11.9 Å². The van der Waals surface area contributed by atoms with Crippen LogP contribution in [-0.4, -0.2) is 50.2 Å². The monoisotopic (exact) mass is 332 g/mol. The summed E-state index contributed by atoms with van der Waals surface area (Å²) < 4.78 is 14.9. The molecule has 0 N–H and O–H groups in total. The Morgan fingerprint density at radius 2 is 2.08 bits per heavy atom. The number of hydroxylamine groups is 2. The first-order valence-electron chi connectivity index (χ1n) is 7.90. The molecule has 2 aliphatic rings. The smallest absolute Gasteiger partial charge is 0.271 e. The van der Waals surface area contributed by atoms with Crippen molar-refractivity contribution in [3.05, 3.63) is 36.4 Å². The van der Waals surface area contributed by atoms with Gasteiger partial charge in [-0.05, 0) is 12.8 Å². The first kappa shape index (κ1) is 15.0. The first-order valence-corrected chi connectivity index (χ1v) is 7.90. The summed E-state index contributed by atoms with van der Waals surface area (Å²) in [5, 5.41) is 1.44. The van der Waals surface area contributed by atoms with Crippen LogP contribution in [0.5, 0.6) is 0 Å². The molecule has 1 amide bonds. The Morgan fingerprint density at radius 1 is 1.25 bits per heavy atom. The summed E-state index contributed by atoms with van der Waals surface area (Å²) in [5.41, 5.74) is 0.879. The molecule has 0 saturated carbocycles. The quantitative estimate of drug-likeness (QED) is 0.814. The van der Waals surface area contributed by atoms with Gasteiger partial charge in [0.2, 0.25) is 5.95 Å². The first-order chi connectivity index (χ1) is 11.7. The van der Waals surface area contributed by atoms with Crippen LogP contribution in [0.1, 0.15) is 24.6 Å². The Morgan fingerprint density at radius 3 is 2.83 bits per heavy atom. The minimum Gasteiger partial charge on any atom is -0.332 e. The average Bonchev–Trinajstić information content (AvgIpc) is 3.10. The maximum Gasteiger partial charge on any atom is 0.271 e. The van der Waals surface area contributed by atoms with Gasteiger partial charge in [0, 0.05) is 12.7 Å². The number of carbonyl (C=O) groups excluding carboxylic acids is 1. The van der Waals surface area contributed by atoms with Crippen LogP contribution in [0.3, 0.4) is 0 Å². The maximum atomic E-state index is 13.1. The molecule has 126 valence electrons. The van der Waals surface area contributed by atoms with Gasteiger partial charge in [0.25, 0.3) is 5.91 Å². The molecular weight excluding hydrogens is 315 g/mol. The van der Waals surface area contributed by atoms with Crippen molar-refractivity contribution in [2.45, 2.75) is 25.4 Å². The molecule has 24 heavy (non-hydrogen) atoms. The number of carbonyl (C=O) groups is 1. The van der Waals surface area contributed by atoms with E-state index in [4.69, 9.17) is 4.84 Å². The van der Waals surface area contributed by atoms with Gasteiger partial charge in [0.15, 0.2) is 5.82 Å². The molecule has 4 rings (SSSR count). The second kappa shape index (κ2) is 6.16. The number of halogens is 1. The minimum atomic E-state index is -0.491. The van der Waals surface area contributed by atoms with Crippen LogP contribution in [0, 0.1) is 5.82 Å². The molecule has 0 bridgehead atoms. The van der Waals surface area contributed by atoms with Crippen molar-refractivity contribution < 1.29 is 14.0 Å². The predicted molar refractivity (Wildman–Crippen MR) is 81.2 cm³/mol. The average molecular weight is 332 g/mol. The van der Waals surface area contributed by atoms with Crippen molar-refractivity contribution in [1.29, 1.82) is 0 Å². The molecule has 2 aromatic rings. The van der Waals surface area contributed by atoms with E-state index in [-0.39, 0.29) is 5.91 Å². The van der Waals surface area contributed by atoms with Gasteiger partial charge in [-0.3, -0.25) is 9.63 Å². The van der Waals surface area contributed by atoms with Crippen molar-refractivity contribution in [3.8, 4) is 0 Å². The second-order valence-electron chi connectivity index (χ2n) is 5.87. The SMILES string of the molecule is O=C([C@@H]1CN(c2ncc(F)cn2)Cc2cncn21)N1CCCCO1. The highest BCUT2D eigenvalue weighted by molar-refractivity contribution is 5.80. The highest BCUT2D eigenvalue weighted by Crippen LogP contribution is 2.26. The maximum absolute atomic E-state index is 13.1. The Bertz CT molecular complexity index is 728. The van der Waals surface area contributed by atoms with E-state index in [1.807, 2.05) is 9.47 Å². The zero-order valence-corrected chi connectivity index (χ0v) is 13.0. The van der Waals surface area contributed by atoms with E-state index >= 15 is 0 Å². The predicted octanol–water partition coefficient (Wildman–Crippen LogP) is 0.928. The summed E-state index contributed by atoms with van der Waals surface area (Å²) in [6, 6.07) is -0.469. The van der Waals surface area contributed by atoms with E-state index in [2.05, 4.69) is 15.0 Å². The fraction of sp³-hybridized carbons (Fsp3) is 0.467. The zero-order chi connectivity index (χ0) is 16.5. The number of amides is 1.